The van der Waals surface area contributed by atoms with Crippen LogP contribution in [0.15, 0.2) is 24.3 Å². The third-order valence-electron chi connectivity index (χ3n) is 4.67. The normalized spacial score (nSPS) is 21.2. The molecule has 24 heavy (non-hydrogen) atoms. The van der Waals surface area contributed by atoms with Crippen LogP contribution in [0.2, 0.25) is 0 Å². The summed E-state index contributed by atoms with van der Waals surface area (Å²) in [5, 5.41) is 11.8. The first-order valence-corrected chi connectivity index (χ1v) is 8.40. The fraction of sp³-hybridized carbons (Fsp3) is 0.556. The Bertz CT molecular complexity index is 587. The van der Waals surface area contributed by atoms with Gasteiger partial charge in [-0.05, 0) is 36.9 Å². The molecule has 0 spiro atoms. The van der Waals surface area contributed by atoms with Gasteiger partial charge in [0.1, 0.15) is 5.82 Å². The average Bonchev–Trinajstić information content (AvgIpc) is 2.48. The lowest BCUT2D eigenvalue weighted by molar-refractivity contribution is -0.139. The summed E-state index contributed by atoms with van der Waals surface area (Å²) < 4.78 is 13.7. The fourth-order valence-electron chi connectivity index (χ4n) is 3.23. The Morgan fingerprint density at radius 3 is 2.62 bits per heavy atom. The molecule has 1 aliphatic rings. The molecule has 1 aromatic rings. The van der Waals surface area contributed by atoms with E-state index in [0.717, 1.165) is 12.8 Å². The lowest BCUT2D eigenvalue weighted by Crippen LogP contribution is -2.54. The van der Waals surface area contributed by atoms with Crippen molar-refractivity contribution in [1.29, 1.82) is 0 Å². The van der Waals surface area contributed by atoms with E-state index in [2.05, 4.69) is 5.32 Å². The maximum atomic E-state index is 13.7. The minimum absolute atomic E-state index is 0.0339. The largest absolute Gasteiger partial charge is 0.480 e. The number of carboxylic acid groups (broad SMARTS) is 1. The zero-order valence-electron chi connectivity index (χ0n) is 14.2. The van der Waals surface area contributed by atoms with Crippen molar-refractivity contribution in [3.05, 3.63) is 35.6 Å². The van der Waals surface area contributed by atoms with E-state index in [1.165, 1.54) is 6.07 Å². The number of carboxylic acids is 1. The van der Waals surface area contributed by atoms with Crippen LogP contribution < -0.4 is 5.32 Å². The van der Waals surface area contributed by atoms with Crippen LogP contribution in [-0.2, 0) is 9.59 Å². The van der Waals surface area contributed by atoms with E-state index < -0.39 is 5.97 Å². The molecule has 0 aromatic heterocycles. The molecule has 0 bridgehead atoms. The second-order valence-corrected chi connectivity index (χ2v) is 6.47. The van der Waals surface area contributed by atoms with Gasteiger partial charge in [-0.1, -0.05) is 32.0 Å². The molecule has 1 unspecified atom stereocenters. The Kier molecular flexibility index (Phi) is 6.31. The number of carbonyl (C=O) groups is 2. The summed E-state index contributed by atoms with van der Waals surface area (Å²) in [5.74, 6) is -1.38. The molecule has 1 atom stereocenters. The summed E-state index contributed by atoms with van der Waals surface area (Å²) in [6, 6.07) is 6.81. The molecule has 0 radical (unpaired) electrons. The van der Waals surface area contributed by atoms with Crippen molar-refractivity contribution in [2.75, 3.05) is 13.1 Å². The SMILES string of the molecule is CCN(CC(=O)O)C1CC(NC(=O)CC(C)c2ccccc2F)C1. The summed E-state index contributed by atoms with van der Waals surface area (Å²) in [6.07, 6.45) is 1.77. The Labute approximate surface area is 141 Å². The number of rotatable bonds is 8. The highest BCUT2D eigenvalue weighted by molar-refractivity contribution is 5.77. The quantitative estimate of drug-likeness (QED) is 0.765. The summed E-state index contributed by atoms with van der Waals surface area (Å²) in [4.78, 5) is 24.8. The standard InChI is InChI=1S/C18H25FN2O3/c1-3-21(11-18(23)24)14-9-13(10-14)20-17(22)8-12(2)15-6-4-5-7-16(15)19/h4-7,12-14H,3,8-11H2,1-2H3,(H,20,22)(H,23,24). The number of nitrogens with one attached hydrogen (secondary N) is 1. The Hall–Kier alpha value is -1.95. The number of aliphatic carboxylic acids is 1. The van der Waals surface area contributed by atoms with Gasteiger partial charge < -0.3 is 10.4 Å². The number of nitrogens with zero attached hydrogens (tertiary/aromatic N) is 1. The molecule has 2 N–H and O–H groups in total. The van der Waals surface area contributed by atoms with E-state index in [9.17, 15) is 14.0 Å². The second-order valence-electron chi connectivity index (χ2n) is 6.47. The molecule has 1 aliphatic carbocycles. The third kappa shape index (κ3) is 4.77. The van der Waals surface area contributed by atoms with E-state index in [4.69, 9.17) is 5.11 Å². The van der Waals surface area contributed by atoms with E-state index in [1.807, 2.05) is 18.7 Å². The molecular weight excluding hydrogens is 311 g/mol. The smallest absolute Gasteiger partial charge is 0.317 e. The fourth-order valence-corrected chi connectivity index (χ4v) is 3.23. The maximum absolute atomic E-state index is 13.7. The zero-order chi connectivity index (χ0) is 17.7. The van der Waals surface area contributed by atoms with Gasteiger partial charge in [0.2, 0.25) is 5.91 Å². The minimum atomic E-state index is -0.831. The molecule has 132 valence electrons. The third-order valence-corrected chi connectivity index (χ3v) is 4.67. The molecule has 0 heterocycles. The van der Waals surface area contributed by atoms with Crippen LogP contribution in [0.3, 0.4) is 0 Å². The van der Waals surface area contributed by atoms with Crippen LogP contribution in [0.4, 0.5) is 4.39 Å². The molecule has 0 saturated heterocycles. The van der Waals surface area contributed by atoms with Gasteiger partial charge in [0, 0.05) is 18.5 Å². The monoisotopic (exact) mass is 336 g/mol. The molecular formula is C18H25FN2O3. The first-order chi connectivity index (χ1) is 11.4. The van der Waals surface area contributed by atoms with Crippen LogP contribution in [0.25, 0.3) is 0 Å². The van der Waals surface area contributed by atoms with E-state index in [-0.39, 0.29) is 42.7 Å². The van der Waals surface area contributed by atoms with Gasteiger partial charge in [0.25, 0.3) is 0 Å². The lowest BCUT2D eigenvalue weighted by atomic mass is 9.85. The van der Waals surface area contributed by atoms with Gasteiger partial charge in [0.15, 0.2) is 0 Å². The number of hydrogen-bond acceptors (Lipinski definition) is 3. The summed E-state index contributed by atoms with van der Waals surface area (Å²) in [5.41, 5.74) is 0.553. The number of hydrogen-bond donors (Lipinski definition) is 2. The van der Waals surface area contributed by atoms with E-state index in [1.54, 1.807) is 18.2 Å². The Balaban J connectivity index is 1.76. The zero-order valence-corrected chi connectivity index (χ0v) is 14.2. The summed E-state index contributed by atoms with van der Waals surface area (Å²) in [7, 11) is 0. The number of halogens is 1. The van der Waals surface area contributed by atoms with Gasteiger partial charge in [-0.15, -0.1) is 0 Å². The lowest BCUT2D eigenvalue weighted by Gasteiger charge is -2.42. The van der Waals surface area contributed by atoms with E-state index in [0.29, 0.717) is 12.1 Å². The molecule has 1 fully saturated rings. The molecule has 6 heteroatoms. The first-order valence-electron chi connectivity index (χ1n) is 8.40. The topological polar surface area (TPSA) is 69.6 Å². The van der Waals surface area contributed by atoms with Crippen molar-refractivity contribution in [2.24, 2.45) is 0 Å². The molecule has 1 saturated carbocycles. The van der Waals surface area contributed by atoms with Crippen molar-refractivity contribution in [3.63, 3.8) is 0 Å². The highest BCUT2D eigenvalue weighted by atomic mass is 19.1. The highest BCUT2D eigenvalue weighted by Gasteiger charge is 2.34. The highest BCUT2D eigenvalue weighted by Crippen LogP contribution is 2.27. The van der Waals surface area contributed by atoms with Crippen LogP contribution in [0.1, 0.15) is 44.6 Å². The Morgan fingerprint density at radius 1 is 1.38 bits per heavy atom. The molecule has 5 nitrogen and oxygen atoms in total. The van der Waals surface area contributed by atoms with Crippen LogP contribution >= 0.6 is 0 Å². The predicted octanol–water partition coefficient (Wildman–Crippen LogP) is 2.37. The number of benzene rings is 1. The summed E-state index contributed by atoms with van der Waals surface area (Å²) >= 11 is 0. The van der Waals surface area contributed by atoms with Gasteiger partial charge in [-0.3, -0.25) is 14.5 Å². The van der Waals surface area contributed by atoms with Crippen LogP contribution in [0.5, 0.6) is 0 Å². The maximum Gasteiger partial charge on any atom is 0.317 e. The summed E-state index contributed by atoms with van der Waals surface area (Å²) in [6.45, 7) is 4.49. The van der Waals surface area contributed by atoms with Crippen LogP contribution in [-0.4, -0.2) is 47.1 Å². The predicted molar refractivity (Wildman–Crippen MR) is 89.3 cm³/mol. The number of likely N-dealkylation sites (N-methyl/N-ethyl adjacent to an activating group) is 1. The first kappa shape index (κ1) is 18.4. The van der Waals surface area contributed by atoms with Gasteiger partial charge >= 0.3 is 5.97 Å². The molecule has 2 rings (SSSR count). The molecule has 1 aromatic carbocycles. The van der Waals surface area contributed by atoms with Gasteiger partial charge in [-0.25, -0.2) is 4.39 Å². The number of amides is 1. The minimum Gasteiger partial charge on any atom is -0.480 e. The second kappa shape index (κ2) is 8.24. The van der Waals surface area contributed by atoms with Crippen molar-refractivity contribution < 1.29 is 19.1 Å². The van der Waals surface area contributed by atoms with Crippen molar-refractivity contribution >= 4 is 11.9 Å². The van der Waals surface area contributed by atoms with Gasteiger partial charge in [0.05, 0.1) is 6.54 Å². The average molecular weight is 336 g/mol. The van der Waals surface area contributed by atoms with Crippen molar-refractivity contribution in [3.8, 4) is 0 Å². The van der Waals surface area contributed by atoms with E-state index >= 15 is 0 Å². The molecule has 0 aliphatic heterocycles. The van der Waals surface area contributed by atoms with Crippen molar-refractivity contribution in [1.82, 2.24) is 10.2 Å². The van der Waals surface area contributed by atoms with Crippen LogP contribution in [0, 0.1) is 5.82 Å². The Morgan fingerprint density at radius 2 is 2.04 bits per heavy atom. The number of carbonyl (C=O) groups excluding carboxylic acids is 1. The molecule has 1 amide bonds. The van der Waals surface area contributed by atoms with Gasteiger partial charge in [-0.2, -0.15) is 0 Å². The van der Waals surface area contributed by atoms with Crippen molar-refractivity contribution in [2.45, 2.75) is 51.1 Å².